The van der Waals surface area contributed by atoms with E-state index in [4.69, 9.17) is 5.73 Å². The Balaban J connectivity index is 1.96. The Morgan fingerprint density at radius 3 is 2.81 bits per heavy atom. The number of aromatic amines is 1. The molecule has 1 fully saturated rings. The number of amides is 1. The fourth-order valence-electron chi connectivity index (χ4n) is 2.06. The lowest BCUT2D eigenvalue weighted by Crippen LogP contribution is -2.40. The van der Waals surface area contributed by atoms with E-state index in [1.165, 1.54) is 0 Å². The van der Waals surface area contributed by atoms with Crippen LogP contribution >= 0.6 is 0 Å². The molecule has 0 saturated carbocycles. The quantitative estimate of drug-likeness (QED) is 0.766. The number of carbonyl (C=O) groups is 1. The van der Waals surface area contributed by atoms with Gasteiger partial charge in [0, 0.05) is 18.8 Å². The maximum atomic E-state index is 12.0. The first-order valence-corrected chi connectivity index (χ1v) is 5.72. The molecule has 1 aromatic rings. The first-order valence-electron chi connectivity index (χ1n) is 5.72. The van der Waals surface area contributed by atoms with Crippen molar-refractivity contribution in [3.05, 3.63) is 17.5 Å². The number of nitrogens with two attached hydrogens (primary N) is 1. The van der Waals surface area contributed by atoms with Crippen LogP contribution < -0.4 is 5.73 Å². The lowest BCUT2D eigenvalue weighted by molar-refractivity contribution is 0.0687. The van der Waals surface area contributed by atoms with Gasteiger partial charge in [-0.15, -0.1) is 0 Å². The fraction of sp³-hybridized carbons (Fsp3) is 0.636. The number of nitrogens with zero attached hydrogens (tertiary/aromatic N) is 2. The molecule has 0 spiro atoms. The minimum atomic E-state index is 0.0276. The monoisotopic (exact) mass is 222 g/mol. The predicted molar refractivity (Wildman–Crippen MR) is 61.0 cm³/mol. The van der Waals surface area contributed by atoms with Gasteiger partial charge in [0.25, 0.3) is 5.91 Å². The second-order valence-corrected chi connectivity index (χ2v) is 4.41. The number of carbonyl (C=O) groups excluding carboxylic acids is 1. The Kier molecular flexibility index (Phi) is 3.24. The van der Waals surface area contributed by atoms with E-state index in [2.05, 4.69) is 10.2 Å². The highest BCUT2D eigenvalue weighted by Gasteiger charge is 2.23. The van der Waals surface area contributed by atoms with Gasteiger partial charge in [0.2, 0.25) is 0 Å². The number of H-pyrrole nitrogens is 1. The van der Waals surface area contributed by atoms with E-state index < -0.39 is 0 Å². The molecule has 88 valence electrons. The highest BCUT2D eigenvalue weighted by Crippen LogP contribution is 2.17. The summed E-state index contributed by atoms with van der Waals surface area (Å²) in [7, 11) is 0. The van der Waals surface area contributed by atoms with Gasteiger partial charge >= 0.3 is 0 Å². The summed E-state index contributed by atoms with van der Waals surface area (Å²) in [5.41, 5.74) is 7.05. The van der Waals surface area contributed by atoms with Crippen molar-refractivity contribution >= 4 is 5.91 Å². The number of hydrogen-bond acceptors (Lipinski definition) is 3. The number of piperidine rings is 1. The molecule has 0 aliphatic carbocycles. The first-order chi connectivity index (χ1) is 7.70. The lowest BCUT2D eigenvalue weighted by atomic mass is 9.97. The molecule has 5 nitrogen and oxygen atoms in total. The molecule has 0 radical (unpaired) electrons. The lowest BCUT2D eigenvalue weighted by Gasteiger charge is -2.30. The Labute approximate surface area is 95.0 Å². The molecule has 1 saturated heterocycles. The molecule has 0 unspecified atom stereocenters. The maximum absolute atomic E-state index is 12.0. The zero-order valence-electron chi connectivity index (χ0n) is 9.57. The fourth-order valence-corrected chi connectivity index (χ4v) is 2.06. The summed E-state index contributed by atoms with van der Waals surface area (Å²) >= 11 is 0. The normalized spacial score (nSPS) is 17.8. The van der Waals surface area contributed by atoms with Crippen LogP contribution in [-0.2, 0) is 0 Å². The van der Waals surface area contributed by atoms with Gasteiger partial charge in [-0.25, -0.2) is 0 Å². The Morgan fingerprint density at radius 2 is 2.31 bits per heavy atom. The molecule has 0 aromatic carbocycles. The standard InChI is InChI=1S/C11H18N4O/c1-8-6-10(14-13-8)11(16)15-4-2-9(7-12)3-5-15/h6,9H,2-5,7,12H2,1H3,(H,13,14). The third-order valence-electron chi connectivity index (χ3n) is 3.16. The van der Waals surface area contributed by atoms with Gasteiger partial charge in [-0.3, -0.25) is 9.89 Å². The molecule has 16 heavy (non-hydrogen) atoms. The smallest absolute Gasteiger partial charge is 0.274 e. The summed E-state index contributed by atoms with van der Waals surface area (Å²) in [4.78, 5) is 13.9. The molecular formula is C11H18N4O. The number of likely N-dealkylation sites (tertiary alicyclic amines) is 1. The number of aryl methyl sites for hydroxylation is 1. The Hall–Kier alpha value is -1.36. The van der Waals surface area contributed by atoms with Gasteiger partial charge in [-0.1, -0.05) is 0 Å². The minimum absolute atomic E-state index is 0.0276. The summed E-state index contributed by atoms with van der Waals surface area (Å²) in [6.07, 6.45) is 2.01. The number of hydrogen-bond donors (Lipinski definition) is 2. The molecule has 1 amide bonds. The molecule has 5 heteroatoms. The van der Waals surface area contributed by atoms with Gasteiger partial charge in [0.15, 0.2) is 0 Å². The van der Waals surface area contributed by atoms with Crippen LogP contribution in [0.3, 0.4) is 0 Å². The summed E-state index contributed by atoms with van der Waals surface area (Å²) < 4.78 is 0. The third-order valence-corrected chi connectivity index (χ3v) is 3.16. The van der Waals surface area contributed by atoms with Crippen LogP contribution in [0, 0.1) is 12.8 Å². The molecule has 0 atom stereocenters. The van der Waals surface area contributed by atoms with Crippen molar-refractivity contribution in [3.8, 4) is 0 Å². The summed E-state index contributed by atoms with van der Waals surface area (Å²) in [6.45, 7) is 4.22. The highest BCUT2D eigenvalue weighted by atomic mass is 16.2. The topological polar surface area (TPSA) is 75.0 Å². The van der Waals surface area contributed by atoms with Crippen LogP contribution in [-0.4, -0.2) is 40.6 Å². The third kappa shape index (κ3) is 2.24. The van der Waals surface area contributed by atoms with Crippen LogP contribution in [0.2, 0.25) is 0 Å². The van der Waals surface area contributed by atoms with E-state index in [0.29, 0.717) is 11.6 Å². The SMILES string of the molecule is Cc1cc(C(=O)N2CCC(CN)CC2)n[nH]1. The van der Waals surface area contributed by atoms with Gasteiger partial charge in [0.05, 0.1) is 0 Å². The number of nitrogens with one attached hydrogen (secondary N) is 1. The van der Waals surface area contributed by atoms with Crippen molar-refractivity contribution in [2.45, 2.75) is 19.8 Å². The summed E-state index contributed by atoms with van der Waals surface area (Å²) in [6, 6.07) is 1.79. The second-order valence-electron chi connectivity index (χ2n) is 4.41. The zero-order chi connectivity index (χ0) is 11.5. The van der Waals surface area contributed by atoms with Crippen LogP contribution in [0.4, 0.5) is 0 Å². The Morgan fingerprint density at radius 1 is 1.62 bits per heavy atom. The van der Waals surface area contributed by atoms with E-state index in [-0.39, 0.29) is 5.91 Å². The largest absolute Gasteiger partial charge is 0.337 e. The van der Waals surface area contributed by atoms with Crippen molar-refractivity contribution in [1.82, 2.24) is 15.1 Å². The van der Waals surface area contributed by atoms with Gasteiger partial charge in [0.1, 0.15) is 5.69 Å². The average Bonchev–Trinajstić information content (AvgIpc) is 2.75. The molecule has 0 bridgehead atoms. The molecular weight excluding hydrogens is 204 g/mol. The molecule has 2 rings (SSSR count). The predicted octanol–water partition coefficient (Wildman–Crippen LogP) is 0.529. The van der Waals surface area contributed by atoms with Crippen LogP contribution in [0.1, 0.15) is 29.0 Å². The van der Waals surface area contributed by atoms with Crippen LogP contribution in [0.5, 0.6) is 0 Å². The van der Waals surface area contributed by atoms with E-state index in [1.54, 1.807) is 6.07 Å². The minimum Gasteiger partial charge on any atom is -0.337 e. The summed E-state index contributed by atoms with van der Waals surface area (Å²) in [5.74, 6) is 0.602. The first kappa shape index (κ1) is 11.1. The summed E-state index contributed by atoms with van der Waals surface area (Å²) in [5, 5.41) is 6.78. The number of aromatic nitrogens is 2. The molecule has 2 heterocycles. The van der Waals surface area contributed by atoms with Gasteiger partial charge in [-0.2, -0.15) is 5.10 Å². The molecule has 3 N–H and O–H groups in total. The Bertz CT molecular complexity index is 366. The van der Waals surface area contributed by atoms with Gasteiger partial charge in [-0.05, 0) is 38.3 Å². The average molecular weight is 222 g/mol. The maximum Gasteiger partial charge on any atom is 0.274 e. The van der Waals surface area contributed by atoms with Crippen molar-refractivity contribution in [2.24, 2.45) is 11.7 Å². The zero-order valence-corrected chi connectivity index (χ0v) is 9.57. The van der Waals surface area contributed by atoms with E-state index in [1.807, 2.05) is 11.8 Å². The van der Waals surface area contributed by atoms with Crippen LogP contribution in [0.25, 0.3) is 0 Å². The van der Waals surface area contributed by atoms with Crippen molar-refractivity contribution in [1.29, 1.82) is 0 Å². The molecule has 1 aliphatic rings. The van der Waals surface area contributed by atoms with E-state index >= 15 is 0 Å². The van der Waals surface area contributed by atoms with Crippen molar-refractivity contribution < 1.29 is 4.79 Å². The van der Waals surface area contributed by atoms with E-state index in [0.717, 1.165) is 38.2 Å². The van der Waals surface area contributed by atoms with Crippen molar-refractivity contribution in [2.75, 3.05) is 19.6 Å². The van der Waals surface area contributed by atoms with Gasteiger partial charge < -0.3 is 10.6 Å². The highest BCUT2D eigenvalue weighted by molar-refractivity contribution is 5.92. The second kappa shape index (κ2) is 4.65. The van der Waals surface area contributed by atoms with E-state index in [9.17, 15) is 4.79 Å². The van der Waals surface area contributed by atoms with Crippen LogP contribution in [0.15, 0.2) is 6.07 Å². The molecule has 1 aromatic heterocycles. The van der Waals surface area contributed by atoms with Crippen molar-refractivity contribution in [3.63, 3.8) is 0 Å². The molecule has 1 aliphatic heterocycles. The number of rotatable bonds is 2.